The Morgan fingerprint density at radius 2 is 2.00 bits per heavy atom. The van der Waals surface area contributed by atoms with Gasteiger partial charge >= 0.3 is 6.03 Å². The first-order valence-electron chi connectivity index (χ1n) is 7.72. The second kappa shape index (κ2) is 8.31. The fourth-order valence-electron chi connectivity index (χ4n) is 2.88. The highest BCUT2D eigenvalue weighted by atomic mass is 16.5. The van der Waals surface area contributed by atoms with E-state index in [9.17, 15) is 14.7 Å². The van der Waals surface area contributed by atoms with E-state index in [0.717, 1.165) is 25.7 Å². The number of aliphatic hydroxyl groups excluding tert-OH is 1. The van der Waals surface area contributed by atoms with E-state index < -0.39 is 6.03 Å². The lowest BCUT2D eigenvalue weighted by Gasteiger charge is -2.33. The van der Waals surface area contributed by atoms with Gasteiger partial charge in [0.2, 0.25) is 5.91 Å². The van der Waals surface area contributed by atoms with E-state index in [4.69, 9.17) is 4.74 Å². The minimum Gasteiger partial charge on any atom is -0.395 e. The molecule has 0 aromatic rings. The average molecular weight is 299 g/mol. The summed E-state index contributed by atoms with van der Waals surface area (Å²) in [5.74, 6) is -0.344. The molecule has 0 aromatic heterocycles. The van der Waals surface area contributed by atoms with E-state index in [1.54, 1.807) is 0 Å². The fourth-order valence-corrected chi connectivity index (χ4v) is 2.88. The highest BCUT2D eigenvalue weighted by Gasteiger charge is 2.25. The number of imide groups is 1. The second-order valence-electron chi connectivity index (χ2n) is 5.74. The van der Waals surface area contributed by atoms with Crippen LogP contribution in [-0.4, -0.2) is 66.9 Å². The Morgan fingerprint density at radius 1 is 1.24 bits per heavy atom. The molecule has 7 nitrogen and oxygen atoms in total. The van der Waals surface area contributed by atoms with Crippen molar-refractivity contribution < 1.29 is 19.4 Å². The third-order valence-electron chi connectivity index (χ3n) is 4.10. The molecular formula is C14H25N3O4. The Kier molecular flexibility index (Phi) is 6.41. The first-order valence-corrected chi connectivity index (χ1v) is 7.72. The van der Waals surface area contributed by atoms with Crippen LogP contribution in [0.4, 0.5) is 4.79 Å². The predicted octanol–water partition coefficient (Wildman–Crippen LogP) is -0.162. The van der Waals surface area contributed by atoms with Crippen molar-refractivity contribution in [3.63, 3.8) is 0 Å². The molecule has 3 N–H and O–H groups in total. The molecule has 1 aliphatic carbocycles. The second-order valence-corrected chi connectivity index (χ2v) is 5.74. The zero-order chi connectivity index (χ0) is 15.1. The Hall–Kier alpha value is -1.18. The van der Waals surface area contributed by atoms with Crippen molar-refractivity contribution in [1.82, 2.24) is 15.5 Å². The molecule has 2 rings (SSSR count). The number of rotatable bonds is 4. The molecule has 1 saturated heterocycles. The SMILES string of the molecule is O=C(CN1CCOCC1CO)NC(=O)NC1CCCCC1. The molecule has 0 radical (unpaired) electrons. The van der Waals surface area contributed by atoms with Gasteiger partial charge in [-0.25, -0.2) is 4.79 Å². The van der Waals surface area contributed by atoms with Crippen molar-refractivity contribution in [2.24, 2.45) is 0 Å². The number of aliphatic hydroxyl groups is 1. The zero-order valence-corrected chi connectivity index (χ0v) is 12.3. The Balaban J connectivity index is 1.71. The molecule has 0 spiro atoms. The van der Waals surface area contributed by atoms with Crippen LogP contribution in [-0.2, 0) is 9.53 Å². The molecule has 2 fully saturated rings. The molecule has 3 amide bonds. The summed E-state index contributed by atoms with van der Waals surface area (Å²) < 4.78 is 5.25. The van der Waals surface area contributed by atoms with Crippen molar-refractivity contribution in [1.29, 1.82) is 0 Å². The molecule has 0 bridgehead atoms. The monoisotopic (exact) mass is 299 g/mol. The van der Waals surface area contributed by atoms with E-state index >= 15 is 0 Å². The number of amides is 3. The van der Waals surface area contributed by atoms with Crippen molar-refractivity contribution >= 4 is 11.9 Å². The predicted molar refractivity (Wildman–Crippen MR) is 76.8 cm³/mol. The van der Waals surface area contributed by atoms with Gasteiger partial charge in [-0.2, -0.15) is 0 Å². The Morgan fingerprint density at radius 3 is 2.71 bits per heavy atom. The van der Waals surface area contributed by atoms with Crippen molar-refractivity contribution in [2.45, 2.75) is 44.2 Å². The molecule has 7 heteroatoms. The van der Waals surface area contributed by atoms with Crippen molar-refractivity contribution in [2.75, 3.05) is 32.9 Å². The number of ether oxygens (including phenoxy) is 1. The smallest absolute Gasteiger partial charge is 0.321 e. The summed E-state index contributed by atoms with van der Waals surface area (Å²) in [6.07, 6.45) is 5.45. The van der Waals surface area contributed by atoms with Crippen LogP contribution in [0.3, 0.4) is 0 Å². The number of hydrogen-bond acceptors (Lipinski definition) is 5. The number of carbonyl (C=O) groups is 2. The van der Waals surface area contributed by atoms with E-state index in [-0.39, 0.29) is 31.1 Å². The summed E-state index contributed by atoms with van der Waals surface area (Å²) in [6, 6.07) is -0.410. The van der Waals surface area contributed by atoms with E-state index in [0.29, 0.717) is 19.8 Å². The Labute approximate surface area is 125 Å². The minimum atomic E-state index is -0.416. The molecule has 1 unspecified atom stereocenters. The maximum Gasteiger partial charge on any atom is 0.321 e. The van der Waals surface area contributed by atoms with E-state index in [2.05, 4.69) is 10.6 Å². The van der Waals surface area contributed by atoms with Gasteiger partial charge in [0.25, 0.3) is 0 Å². The number of urea groups is 1. The van der Waals surface area contributed by atoms with Crippen LogP contribution in [0.5, 0.6) is 0 Å². The van der Waals surface area contributed by atoms with Crippen LogP contribution >= 0.6 is 0 Å². The highest BCUT2D eigenvalue weighted by molar-refractivity contribution is 5.95. The maximum atomic E-state index is 11.9. The van der Waals surface area contributed by atoms with Crippen LogP contribution in [0.1, 0.15) is 32.1 Å². The van der Waals surface area contributed by atoms with Gasteiger partial charge in [-0.05, 0) is 12.8 Å². The Bertz CT molecular complexity index is 358. The normalized spacial score (nSPS) is 24.5. The number of nitrogens with one attached hydrogen (secondary N) is 2. The molecule has 120 valence electrons. The lowest BCUT2D eigenvalue weighted by Crippen LogP contribution is -2.53. The van der Waals surface area contributed by atoms with Crippen LogP contribution in [0.25, 0.3) is 0 Å². The van der Waals surface area contributed by atoms with Gasteiger partial charge in [-0.1, -0.05) is 19.3 Å². The standard InChI is InChI=1S/C14H25N3O4/c18-9-12-10-21-7-6-17(12)8-13(19)16-14(20)15-11-4-2-1-3-5-11/h11-12,18H,1-10H2,(H2,15,16,19,20). The third-order valence-corrected chi connectivity index (χ3v) is 4.10. The lowest BCUT2D eigenvalue weighted by atomic mass is 9.96. The quantitative estimate of drug-likeness (QED) is 0.671. The van der Waals surface area contributed by atoms with Gasteiger partial charge in [0.15, 0.2) is 0 Å². The van der Waals surface area contributed by atoms with Crippen molar-refractivity contribution in [3.8, 4) is 0 Å². The zero-order valence-electron chi connectivity index (χ0n) is 12.3. The first-order chi connectivity index (χ1) is 10.2. The van der Waals surface area contributed by atoms with Gasteiger partial charge in [0, 0.05) is 12.6 Å². The molecular weight excluding hydrogens is 274 g/mol. The van der Waals surface area contributed by atoms with Gasteiger partial charge in [-0.15, -0.1) is 0 Å². The molecule has 1 saturated carbocycles. The van der Waals surface area contributed by atoms with Gasteiger partial charge < -0.3 is 15.2 Å². The summed E-state index contributed by atoms with van der Waals surface area (Å²) in [7, 11) is 0. The summed E-state index contributed by atoms with van der Waals surface area (Å²) in [5.41, 5.74) is 0. The van der Waals surface area contributed by atoms with Crippen LogP contribution < -0.4 is 10.6 Å². The number of hydrogen-bond donors (Lipinski definition) is 3. The van der Waals surface area contributed by atoms with E-state index in [1.165, 1.54) is 6.42 Å². The first kappa shape index (κ1) is 16.2. The number of carbonyl (C=O) groups excluding carboxylic acids is 2. The molecule has 1 atom stereocenters. The molecule has 1 heterocycles. The van der Waals surface area contributed by atoms with E-state index in [1.807, 2.05) is 4.90 Å². The number of morpholine rings is 1. The number of nitrogens with zero attached hydrogens (tertiary/aromatic N) is 1. The van der Waals surface area contributed by atoms with Gasteiger partial charge in [0.05, 0.1) is 32.4 Å². The summed E-state index contributed by atoms with van der Waals surface area (Å²) in [4.78, 5) is 25.5. The van der Waals surface area contributed by atoms with Crippen LogP contribution in [0.2, 0.25) is 0 Å². The van der Waals surface area contributed by atoms with Gasteiger partial charge in [0.1, 0.15) is 0 Å². The molecule has 21 heavy (non-hydrogen) atoms. The van der Waals surface area contributed by atoms with Crippen molar-refractivity contribution in [3.05, 3.63) is 0 Å². The highest BCUT2D eigenvalue weighted by Crippen LogP contribution is 2.17. The molecule has 0 aromatic carbocycles. The summed E-state index contributed by atoms with van der Waals surface area (Å²) in [6.45, 7) is 1.59. The minimum absolute atomic E-state index is 0.0540. The molecule has 1 aliphatic heterocycles. The summed E-state index contributed by atoms with van der Waals surface area (Å²) in [5, 5.41) is 14.5. The molecule has 2 aliphatic rings. The largest absolute Gasteiger partial charge is 0.395 e. The fraction of sp³-hybridized carbons (Fsp3) is 0.857. The topological polar surface area (TPSA) is 90.9 Å². The van der Waals surface area contributed by atoms with Crippen LogP contribution in [0, 0.1) is 0 Å². The summed E-state index contributed by atoms with van der Waals surface area (Å²) >= 11 is 0. The lowest BCUT2D eigenvalue weighted by molar-refractivity contribution is -0.124. The average Bonchev–Trinajstić information content (AvgIpc) is 2.48. The van der Waals surface area contributed by atoms with Crippen LogP contribution in [0.15, 0.2) is 0 Å². The van der Waals surface area contributed by atoms with Gasteiger partial charge in [-0.3, -0.25) is 15.0 Å². The third kappa shape index (κ3) is 5.26. The maximum absolute atomic E-state index is 11.9.